The summed E-state index contributed by atoms with van der Waals surface area (Å²) in [7, 11) is 0. The fraction of sp³-hybridized carbons (Fsp3) is 0.300. The largest absolute Gasteiger partial charge is 0.478 e. The highest BCUT2D eigenvalue weighted by atomic mass is 16.4. The minimum atomic E-state index is -0.867. The number of imidazole rings is 1. The van der Waals surface area contributed by atoms with Crippen LogP contribution in [0.5, 0.6) is 0 Å². The molecule has 2 aromatic heterocycles. The topological polar surface area (TPSA) is 95.0 Å². The van der Waals surface area contributed by atoms with Gasteiger partial charge in [-0.05, 0) is 36.9 Å². The number of carboxylic acids is 1. The number of aromatic carboxylic acids is 1. The van der Waals surface area contributed by atoms with Crippen LogP contribution in [0.2, 0.25) is 0 Å². The van der Waals surface area contributed by atoms with Crippen LogP contribution in [0.4, 0.5) is 0 Å². The molecule has 0 bridgehead atoms. The fourth-order valence-electron chi connectivity index (χ4n) is 3.61. The molecule has 0 amide bonds. The molecule has 1 fully saturated rings. The highest BCUT2D eigenvalue weighted by Gasteiger charge is 2.24. The van der Waals surface area contributed by atoms with Crippen molar-refractivity contribution in [3.05, 3.63) is 65.9 Å². The van der Waals surface area contributed by atoms with Gasteiger partial charge in [0.15, 0.2) is 5.82 Å². The molecule has 0 spiro atoms. The van der Waals surface area contributed by atoms with Crippen LogP contribution >= 0.6 is 0 Å². The molecule has 0 radical (unpaired) electrons. The van der Waals surface area contributed by atoms with Crippen molar-refractivity contribution in [2.24, 2.45) is 5.92 Å². The highest BCUT2D eigenvalue weighted by molar-refractivity contribution is 5.89. The number of aromatic amines is 1. The quantitative estimate of drug-likeness (QED) is 0.699. The SMILES string of the molecule is O=C(O)c1ccccc1CN1CC[C@H](Cc2cnc(-c3ncc[nH]3)cn2)C1. The van der Waals surface area contributed by atoms with Gasteiger partial charge in [0.05, 0.1) is 17.5 Å². The van der Waals surface area contributed by atoms with Crippen molar-refractivity contribution in [3.8, 4) is 11.5 Å². The van der Waals surface area contributed by atoms with Gasteiger partial charge >= 0.3 is 5.97 Å². The molecule has 0 saturated carbocycles. The van der Waals surface area contributed by atoms with Crippen molar-refractivity contribution in [3.63, 3.8) is 0 Å². The average Bonchev–Trinajstić information content (AvgIpc) is 3.35. The third-order valence-corrected chi connectivity index (χ3v) is 4.96. The Bertz CT molecular complexity index is 908. The van der Waals surface area contributed by atoms with Crippen LogP contribution in [0.1, 0.15) is 28.0 Å². The first-order valence-corrected chi connectivity index (χ1v) is 9.03. The molecule has 138 valence electrons. The maximum absolute atomic E-state index is 11.4. The van der Waals surface area contributed by atoms with E-state index in [4.69, 9.17) is 0 Å². The molecule has 27 heavy (non-hydrogen) atoms. The van der Waals surface area contributed by atoms with Crippen molar-refractivity contribution in [2.45, 2.75) is 19.4 Å². The van der Waals surface area contributed by atoms with E-state index in [2.05, 4.69) is 24.8 Å². The monoisotopic (exact) mass is 363 g/mol. The molecule has 1 aliphatic heterocycles. The first-order chi connectivity index (χ1) is 13.2. The minimum absolute atomic E-state index is 0.389. The van der Waals surface area contributed by atoms with Crippen LogP contribution in [-0.4, -0.2) is 49.0 Å². The zero-order valence-electron chi connectivity index (χ0n) is 14.9. The molecule has 4 rings (SSSR count). The molecule has 3 aromatic rings. The van der Waals surface area contributed by atoms with Crippen LogP contribution < -0.4 is 0 Å². The number of nitrogens with zero attached hydrogens (tertiary/aromatic N) is 4. The molecule has 3 heterocycles. The summed E-state index contributed by atoms with van der Waals surface area (Å²) in [4.78, 5) is 29.9. The van der Waals surface area contributed by atoms with Gasteiger partial charge in [0.1, 0.15) is 5.69 Å². The van der Waals surface area contributed by atoms with Crippen molar-refractivity contribution in [2.75, 3.05) is 13.1 Å². The van der Waals surface area contributed by atoms with Crippen LogP contribution in [-0.2, 0) is 13.0 Å². The normalized spacial score (nSPS) is 17.3. The Morgan fingerprint density at radius 2 is 2.11 bits per heavy atom. The summed E-state index contributed by atoms with van der Waals surface area (Å²) in [6.07, 6.45) is 8.99. The summed E-state index contributed by atoms with van der Waals surface area (Å²) in [6.45, 7) is 2.58. The van der Waals surface area contributed by atoms with Gasteiger partial charge in [-0.1, -0.05) is 18.2 Å². The van der Waals surface area contributed by atoms with E-state index in [0.29, 0.717) is 18.0 Å². The van der Waals surface area contributed by atoms with E-state index in [9.17, 15) is 9.90 Å². The molecule has 1 aromatic carbocycles. The van der Waals surface area contributed by atoms with E-state index in [0.717, 1.165) is 48.7 Å². The number of hydrogen-bond acceptors (Lipinski definition) is 5. The maximum Gasteiger partial charge on any atom is 0.336 e. The summed E-state index contributed by atoms with van der Waals surface area (Å²) in [5, 5.41) is 9.34. The molecule has 2 N–H and O–H groups in total. The molecular formula is C20H21N5O2. The number of aromatic nitrogens is 4. The van der Waals surface area contributed by atoms with Gasteiger partial charge in [-0.3, -0.25) is 9.88 Å². The Kier molecular flexibility index (Phi) is 4.93. The van der Waals surface area contributed by atoms with E-state index in [-0.39, 0.29) is 0 Å². The lowest BCUT2D eigenvalue weighted by molar-refractivity contribution is 0.0694. The second-order valence-corrected chi connectivity index (χ2v) is 6.89. The molecule has 7 nitrogen and oxygen atoms in total. The summed E-state index contributed by atoms with van der Waals surface area (Å²) in [5.74, 6) is 0.359. The number of likely N-dealkylation sites (tertiary alicyclic amines) is 1. The molecule has 1 atom stereocenters. The number of nitrogens with one attached hydrogen (secondary N) is 1. The first kappa shape index (κ1) is 17.4. The van der Waals surface area contributed by atoms with Crippen molar-refractivity contribution >= 4 is 5.97 Å². The Morgan fingerprint density at radius 3 is 2.85 bits per heavy atom. The van der Waals surface area contributed by atoms with Crippen LogP contribution in [0.3, 0.4) is 0 Å². The number of H-pyrrole nitrogens is 1. The Balaban J connectivity index is 1.35. The summed E-state index contributed by atoms with van der Waals surface area (Å²) < 4.78 is 0. The second kappa shape index (κ2) is 7.67. The van der Waals surface area contributed by atoms with E-state index in [1.165, 1.54) is 0 Å². The number of hydrogen-bond donors (Lipinski definition) is 2. The Morgan fingerprint density at radius 1 is 1.22 bits per heavy atom. The van der Waals surface area contributed by atoms with Gasteiger partial charge in [-0.15, -0.1) is 0 Å². The molecule has 0 aliphatic carbocycles. The van der Waals surface area contributed by atoms with Crippen LogP contribution in [0.15, 0.2) is 49.1 Å². The maximum atomic E-state index is 11.4. The molecular weight excluding hydrogens is 342 g/mol. The van der Waals surface area contributed by atoms with E-state index < -0.39 is 5.97 Å². The van der Waals surface area contributed by atoms with Crippen LogP contribution in [0, 0.1) is 5.92 Å². The molecule has 1 saturated heterocycles. The Hall–Kier alpha value is -3.06. The van der Waals surface area contributed by atoms with Crippen molar-refractivity contribution in [1.29, 1.82) is 0 Å². The smallest absolute Gasteiger partial charge is 0.336 e. The number of carbonyl (C=O) groups is 1. The average molecular weight is 363 g/mol. The van der Waals surface area contributed by atoms with E-state index in [1.807, 2.05) is 18.3 Å². The fourth-order valence-corrected chi connectivity index (χ4v) is 3.61. The van der Waals surface area contributed by atoms with Gasteiger partial charge in [0.2, 0.25) is 0 Å². The van der Waals surface area contributed by atoms with Gasteiger partial charge in [0, 0.05) is 31.7 Å². The second-order valence-electron chi connectivity index (χ2n) is 6.89. The van der Waals surface area contributed by atoms with Gasteiger partial charge in [-0.25, -0.2) is 14.8 Å². The zero-order chi connectivity index (χ0) is 18.6. The van der Waals surface area contributed by atoms with Crippen molar-refractivity contribution in [1.82, 2.24) is 24.8 Å². The standard InChI is InChI=1S/C20H21N5O2/c26-20(27)17-4-2-1-3-15(17)13-25-8-5-14(12-25)9-16-10-24-18(11-23-16)19-21-6-7-22-19/h1-4,6-7,10-11,14H,5,8-9,12-13H2,(H,21,22)(H,26,27)/t14-/m1/s1. The lowest BCUT2D eigenvalue weighted by Crippen LogP contribution is -2.22. The third-order valence-electron chi connectivity index (χ3n) is 4.96. The third kappa shape index (κ3) is 4.03. The number of rotatable bonds is 6. The van der Waals surface area contributed by atoms with Crippen LogP contribution in [0.25, 0.3) is 11.5 Å². The summed E-state index contributed by atoms with van der Waals surface area (Å²) in [6, 6.07) is 7.23. The summed E-state index contributed by atoms with van der Waals surface area (Å²) >= 11 is 0. The minimum Gasteiger partial charge on any atom is -0.478 e. The predicted octanol–water partition coefficient (Wildman–Crippen LogP) is 2.63. The van der Waals surface area contributed by atoms with Crippen molar-refractivity contribution < 1.29 is 9.90 Å². The molecule has 0 unspecified atom stereocenters. The number of carboxylic acid groups (broad SMARTS) is 1. The Labute approximate surface area is 157 Å². The molecule has 7 heteroatoms. The van der Waals surface area contributed by atoms with Gasteiger partial charge < -0.3 is 10.1 Å². The predicted molar refractivity (Wildman–Crippen MR) is 100 cm³/mol. The first-order valence-electron chi connectivity index (χ1n) is 9.03. The number of benzene rings is 1. The summed E-state index contributed by atoms with van der Waals surface area (Å²) in [5.41, 5.74) is 2.97. The van der Waals surface area contributed by atoms with E-state index in [1.54, 1.807) is 30.7 Å². The van der Waals surface area contributed by atoms with E-state index >= 15 is 0 Å². The van der Waals surface area contributed by atoms with Gasteiger partial charge in [-0.2, -0.15) is 0 Å². The lowest BCUT2D eigenvalue weighted by Gasteiger charge is -2.17. The highest BCUT2D eigenvalue weighted by Crippen LogP contribution is 2.23. The lowest BCUT2D eigenvalue weighted by atomic mass is 10.0. The molecule has 1 aliphatic rings. The zero-order valence-corrected chi connectivity index (χ0v) is 14.9. The van der Waals surface area contributed by atoms with Gasteiger partial charge in [0.25, 0.3) is 0 Å².